The Kier molecular flexibility index (Phi) is 10.4. The van der Waals surface area contributed by atoms with E-state index in [1.807, 2.05) is 20.8 Å². The molecular formula is C13H27NO3. The fourth-order valence-electron chi connectivity index (χ4n) is 1.40. The van der Waals surface area contributed by atoms with Gasteiger partial charge in [0.05, 0.1) is 6.61 Å². The molecule has 0 rings (SSSR count). The van der Waals surface area contributed by atoms with E-state index < -0.39 is 0 Å². The van der Waals surface area contributed by atoms with Gasteiger partial charge in [-0.25, -0.2) is 0 Å². The first kappa shape index (κ1) is 16.6. The van der Waals surface area contributed by atoms with Crippen LogP contribution in [0.2, 0.25) is 0 Å². The second-order valence-corrected chi connectivity index (χ2v) is 4.39. The molecule has 1 atom stereocenters. The van der Waals surface area contributed by atoms with Crippen LogP contribution in [0.25, 0.3) is 0 Å². The number of rotatable bonds is 11. The molecule has 0 bridgehead atoms. The number of carbonyl (C=O) groups excluding carboxylic acids is 1. The predicted octanol–water partition coefficient (Wildman–Crippen LogP) is 1.63. The highest BCUT2D eigenvalue weighted by atomic mass is 16.5. The molecule has 0 aliphatic rings. The zero-order chi connectivity index (χ0) is 13.1. The molecule has 0 aromatic rings. The fourth-order valence-corrected chi connectivity index (χ4v) is 1.40. The molecule has 0 spiro atoms. The van der Waals surface area contributed by atoms with E-state index >= 15 is 0 Å². The van der Waals surface area contributed by atoms with Gasteiger partial charge in [0.15, 0.2) is 5.78 Å². The first-order valence-corrected chi connectivity index (χ1v) is 6.53. The van der Waals surface area contributed by atoms with Crippen LogP contribution in [0.4, 0.5) is 0 Å². The number of ether oxygens (including phenoxy) is 2. The van der Waals surface area contributed by atoms with Crippen LogP contribution in [0.1, 0.15) is 34.1 Å². The lowest BCUT2D eigenvalue weighted by molar-refractivity contribution is -0.132. The second-order valence-electron chi connectivity index (χ2n) is 4.39. The Morgan fingerprint density at radius 2 is 1.88 bits per heavy atom. The van der Waals surface area contributed by atoms with Gasteiger partial charge in [-0.1, -0.05) is 20.8 Å². The number of hydrogen-bond donors (Lipinski definition) is 1. The minimum atomic E-state index is -0.295. The summed E-state index contributed by atoms with van der Waals surface area (Å²) in [6, 6.07) is 0. The summed E-state index contributed by atoms with van der Waals surface area (Å²) in [6.45, 7) is 11.5. The predicted molar refractivity (Wildman–Crippen MR) is 69.2 cm³/mol. The Morgan fingerprint density at radius 3 is 2.47 bits per heavy atom. The molecule has 0 fully saturated rings. The third-order valence-corrected chi connectivity index (χ3v) is 2.44. The Labute approximate surface area is 105 Å². The lowest BCUT2D eigenvalue weighted by Gasteiger charge is -2.14. The first-order valence-electron chi connectivity index (χ1n) is 6.53. The Balaban J connectivity index is 3.30. The molecule has 1 N–H and O–H groups in total. The van der Waals surface area contributed by atoms with E-state index in [1.165, 1.54) is 0 Å². The van der Waals surface area contributed by atoms with Crippen LogP contribution < -0.4 is 5.32 Å². The van der Waals surface area contributed by atoms with Crippen molar-refractivity contribution in [3.05, 3.63) is 0 Å². The van der Waals surface area contributed by atoms with E-state index in [2.05, 4.69) is 12.2 Å². The number of Topliss-reactive ketones (excluding diaryl/α,β-unsaturated/α-hetero) is 1. The third-order valence-electron chi connectivity index (χ3n) is 2.44. The van der Waals surface area contributed by atoms with E-state index in [0.717, 1.165) is 26.1 Å². The number of carbonyl (C=O) groups is 1. The Hall–Kier alpha value is -0.450. The van der Waals surface area contributed by atoms with Crippen LogP contribution in [0.15, 0.2) is 0 Å². The minimum absolute atomic E-state index is 0.0429. The zero-order valence-electron chi connectivity index (χ0n) is 11.6. The topological polar surface area (TPSA) is 47.6 Å². The smallest absolute Gasteiger partial charge is 0.163 e. The van der Waals surface area contributed by atoms with Gasteiger partial charge in [0.25, 0.3) is 0 Å². The number of nitrogens with one attached hydrogen (secondary N) is 1. The standard InChI is InChI=1S/C13H27NO3/c1-5-14-7-10-16-8-6-9-17-12(4)13(15)11(2)3/h11-12,14H,5-10H2,1-4H3/t12-/m0/s1. The minimum Gasteiger partial charge on any atom is -0.380 e. The Morgan fingerprint density at radius 1 is 1.18 bits per heavy atom. The molecule has 0 aromatic heterocycles. The van der Waals surface area contributed by atoms with Gasteiger partial charge in [-0.15, -0.1) is 0 Å². The maximum absolute atomic E-state index is 11.5. The molecule has 0 aliphatic carbocycles. The lowest BCUT2D eigenvalue weighted by atomic mass is 10.1. The molecule has 0 radical (unpaired) electrons. The third kappa shape index (κ3) is 9.27. The molecule has 4 nitrogen and oxygen atoms in total. The first-order chi connectivity index (χ1) is 8.09. The van der Waals surface area contributed by atoms with E-state index in [9.17, 15) is 4.79 Å². The largest absolute Gasteiger partial charge is 0.380 e. The molecule has 0 saturated heterocycles. The molecule has 0 amide bonds. The average molecular weight is 245 g/mol. The summed E-state index contributed by atoms with van der Waals surface area (Å²) in [6.07, 6.45) is 0.540. The normalized spacial score (nSPS) is 13.0. The van der Waals surface area contributed by atoms with Crippen molar-refractivity contribution in [3.63, 3.8) is 0 Å². The van der Waals surface area contributed by atoms with E-state index in [1.54, 1.807) is 0 Å². The van der Waals surface area contributed by atoms with Crippen molar-refractivity contribution < 1.29 is 14.3 Å². The van der Waals surface area contributed by atoms with Crippen LogP contribution in [-0.4, -0.2) is 44.8 Å². The van der Waals surface area contributed by atoms with Crippen molar-refractivity contribution >= 4 is 5.78 Å². The van der Waals surface area contributed by atoms with Crippen molar-refractivity contribution in [1.82, 2.24) is 5.32 Å². The second kappa shape index (κ2) is 10.7. The van der Waals surface area contributed by atoms with Gasteiger partial charge in [-0.2, -0.15) is 0 Å². The lowest BCUT2D eigenvalue weighted by Crippen LogP contribution is -2.26. The van der Waals surface area contributed by atoms with Gasteiger partial charge in [-0.3, -0.25) is 4.79 Å². The summed E-state index contributed by atoms with van der Waals surface area (Å²) in [5.41, 5.74) is 0. The van der Waals surface area contributed by atoms with Crippen LogP contribution in [0, 0.1) is 5.92 Å². The van der Waals surface area contributed by atoms with E-state index in [0.29, 0.717) is 13.2 Å². The van der Waals surface area contributed by atoms with Crippen molar-refractivity contribution in [3.8, 4) is 0 Å². The van der Waals surface area contributed by atoms with E-state index in [-0.39, 0.29) is 17.8 Å². The quantitative estimate of drug-likeness (QED) is 0.562. The Bertz CT molecular complexity index is 195. The fraction of sp³-hybridized carbons (Fsp3) is 0.923. The summed E-state index contributed by atoms with van der Waals surface area (Å²) >= 11 is 0. The maximum atomic E-state index is 11.5. The van der Waals surface area contributed by atoms with Crippen LogP contribution in [0.3, 0.4) is 0 Å². The number of hydrogen-bond acceptors (Lipinski definition) is 4. The SMILES string of the molecule is CCNCCOCCCO[C@@H](C)C(=O)C(C)C. The highest BCUT2D eigenvalue weighted by molar-refractivity contribution is 5.84. The van der Waals surface area contributed by atoms with Crippen molar-refractivity contribution in [2.24, 2.45) is 5.92 Å². The van der Waals surface area contributed by atoms with Crippen molar-refractivity contribution in [2.45, 2.75) is 40.2 Å². The summed E-state index contributed by atoms with van der Waals surface area (Å²) in [4.78, 5) is 11.5. The summed E-state index contributed by atoms with van der Waals surface area (Å²) < 4.78 is 10.8. The van der Waals surface area contributed by atoms with Crippen LogP contribution >= 0.6 is 0 Å². The average Bonchev–Trinajstić information content (AvgIpc) is 2.31. The van der Waals surface area contributed by atoms with Crippen LogP contribution in [0.5, 0.6) is 0 Å². The van der Waals surface area contributed by atoms with Crippen LogP contribution in [-0.2, 0) is 14.3 Å². The summed E-state index contributed by atoms with van der Waals surface area (Å²) in [5, 5.41) is 3.18. The highest BCUT2D eigenvalue weighted by Gasteiger charge is 2.16. The van der Waals surface area contributed by atoms with Gasteiger partial charge < -0.3 is 14.8 Å². The molecule has 0 saturated carbocycles. The van der Waals surface area contributed by atoms with Crippen molar-refractivity contribution in [1.29, 1.82) is 0 Å². The molecule has 0 heterocycles. The number of likely N-dealkylation sites (N-methyl/N-ethyl adjacent to an activating group) is 1. The molecule has 0 aromatic carbocycles. The molecule has 17 heavy (non-hydrogen) atoms. The zero-order valence-corrected chi connectivity index (χ0v) is 11.6. The molecule has 0 aliphatic heterocycles. The van der Waals surface area contributed by atoms with Gasteiger partial charge in [0.2, 0.25) is 0 Å². The number of ketones is 1. The van der Waals surface area contributed by atoms with Gasteiger partial charge in [0.1, 0.15) is 6.10 Å². The molecular weight excluding hydrogens is 218 g/mol. The van der Waals surface area contributed by atoms with Gasteiger partial charge in [-0.05, 0) is 19.9 Å². The van der Waals surface area contributed by atoms with Gasteiger partial charge >= 0.3 is 0 Å². The van der Waals surface area contributed by atoms with E-state index in [4.69, 9.17) is 9.47 Å². The molecule has 4 heteroatoms. The van der Waals surface area contributed by atoms with Gasteiger partial charge in [0, 0.05) is 25.7 Å². The van der Waals surface area contributed by atoms with Crippen molar-refractivity contribution in [2.75, 3.05) is 32.9 Å². The highest BCUT2D eigenvalue weighted by Crippen LogP contribution is 2.03. The molecule has 102 valence electrons. The maximum Gasteiger partial charge on any atom is 0.163 e. The molecule has 0 unspecified atom stereocenters. The monoisotopic (exact) mass is 245 g/mol. The summed E-state index contributed by atoms with van der Waals surface area (Å²) in [5.74, 6) is 0.208. The summed E-state index contributed by atoms with van der Waals surface area (Å²) in [7, 11) is 0.